The number of para-hydroxylation sites is 2. The number of amides is 1. The summed E-state index contributed by atoms with van der Waals surface area (Å²) in [5.41, 5.74) is 4.96. The maximum atomic E-state index is 13.0. The number of nitrogens with zero attached hydrogens (tertiary/aromatic N) is 1. The molecule has 2 aliphatic rings. The lowest BCUT2D eigenvalue weighted by Crippen LogP contribution is -2.28. The van der Waals surface area contributed by atoms with Crippen molar-refractivity contribution in [3.8, 4) is 11.5 Å². The van der Waals surface area contributed by atoms with Crippen LogP contribution in [0.3, 0.4) is 0 Å². The average Bonchev–Trinajstić information content (AvgIpc) is 3.31. The van der Waals surface area contributed by atoms with Crippen molar-refractivity contribution in [3.63, 3.8) is 0 Å². The first-order valence-corrected chi connectivity index (χ1v) is 10.4. The minimum absolute atomic E-state index is 0.0453. The lowest BCUT2D eigenvalue weighted by molar-refractivity contribution is 0.0989. The van der Waals surface area contributed by atoms with Gasteiger partial charge in [0.15, 0.2) is 11.5 Å². The van der Waals surface area contributed by atoms with Crippen LogP contribution in [0.5, 0.6) is 11.5 Å². The zero-order valence-corrected chi connectivity index (χ0v) is 17.4. The van der Waals surface area contributed by atoms with Crippen LogP contribution in [0, 0.1) is 0 Å². The Kier molecular flexibility index (Phi) is 4.50. The van der Waals surface area contributed by atoms with Gasteiger partial charge in [-0.3, -0.25) is 4.79 Å². The highest BCUT2D eigenvalue weighted by molar-refractivity contribution is 6.07. The highest BCUT2D eigenvalue weighted by Gasteiger charge is 2.32. The molecule has 3 aromatic rings. The van der Waals surface area contributed by atoms with Crippen molar-refractivity contribution in [1.29, 1.82) is 0 Å². The molecule has 0 N–H and O–H groups in total. The number of rotatable bonds is 4. The number of hydrogen-bond acceptors (Lipinski definition) is 3. The summed E-state index contributed by atoms with van der Waals surface area (Å²) in [5.74, 6) is 1.66. The fourth-order valence-corrected chi connectivity index (χ4v) is 4.31. The predicted molar refractivity (Wildman–Crippen MR) is 117 cm³/mol. The van der Waals surface area contributed by atoms with Crippen molar-refractivity contribution in [2.24, 2.45) is 0 Å². The smallest absolute Gasteiger partial charge is 0.258 e. The molecule has 4 heteroatoms. The van der Waals surface area contributed by atoms with Crippen LogP contribution in [-0.2, 0) is 19.4 Å². The second kappa shape index (κ2) is 7.21. The topological polar surface area (TPSA) is 38.8 Å². The molecule has 0 spiro atoms. The van der Waals surface area contributed by atoms with E-state index < -0.39 is 0 Å². The van der Waals surface area contributed by atoms with Gasteiger partial charge in [0.25, 0.3) is 5.91 Å². The van der Waals surface area contributed by atoms with Gasteiger partial charge in [-0.15, -0.1) is 0 Å². The van der Waals surface area contributed by atoms with Gasteiger partial charge in [-0.25, -0.2) is 0 Å². The first-order chi connectivity index (χ1) is 14.5. The normalized spacial score (nSPS) is 16.0. The number of carbonyl (C=O) groups is 1. The molecule has 0 fully saturated rings. The van der Waals surface area contributed by atoms with Crippen LogP contribution in [0.1, 0.15) is 40.9 Å². The minimum Gasteiger partial charge on any atom is -0.485 e. The van der Waals surface area contributed by atoms with Gasteiger partial charge in [-0.2, -0.15) is 0 Å². The highest BCUT2D eigenvalue weighted by atomic mass is 16.5. The summed E-state index contributed by atoms with van der Waals surface area (Å²) in [6.07, 6.45) is 1.80. The molecule has 0 unspecified atom stereocenters. The second-order valence-corrected chi connectivity index (χ2v) is 8.60. The Hall–Kier alpha value is -3.27. The van der Waals surface area contributed by atoms with E-state index in [4.69, 9.17) is 9.47 Å². The fourth-order valence-electron chi connectivity index (χ4n) is 4.31. The summed E-state index contributed by atoms with van der Waals surface area (Å²) in [7, 11) is 0. The summed E-state index contributed by atoms with van der Waals surface area (Å²) < 4.78 is 12.1. The molecule has 0 bridgehead atoms. The molecular weight excluding hydrogens is 374 g/mol. The van der Waals surface area contributed by atoms with Gasteiger partial charge >= 0.3 is 0 Å². The molecule has 5 rings (SSSR count). The van der Waals surface area contributed by atoms with E-state index in [0.29, 0.717) is 12.2 Å². The van der Waals surface area contributed by atoms with Crippen molar-refractivity contribution in [2.75, 3.05) is 11.4 Å². The quantitative estimate of drug-likeness (QED) is 0.607. The molecule has 152 valence electrons. The zero-order chi connectivity index (χ0) is 20.7. The molecule has 0 saturated heterocycles. The molecule has 4 nitrogen and oxygen atoms in total. The third-order valence-electron chi connectivity index (χ3n) is 5.78. The molecule has 0 radical (unpaired) electrons. The third-order valence-corrected chi connectivity index (χ3v) is 5.78. The van der Waals surface area contributed by atoms with Crippen LogP contribution >= 0.6 is 0 Å². The number of fused-ring (bicyclic) bond motifs is 2. The molecular formula is C26H25NO3. The van der Waals surface area contributed by atoms with E-state index >= 15 is 0 Å². The molecule has 0 aromatic heterocycles. The van der Waals surface area contributed by atoms with E-state index in [1.165, 1.54) is 11.1 Å². The Morgan fingerprint density at radius 2 is 1.77 bits per heavy atom. The van der Waals surface area contributed by atoms with Crippen LogP contribution in [0.15, 0.2) is 66.7 Å². The van der Waals surface area contributed by atoms with Gasteiger partial charge in [0.2, 0.25) is 0 Å². The van der Waals surface area contributed by atoms with Gasteiger partial charge in [-0.05, 0) is 55.7 Å². The largest absolute Gasteiger partial charge is 0.485 e. The monoisotopic (exact) mass is 399 g/mol. The van der Waals surface area contributed by atoms with Gasteiger partial charge in [-0.1, -0.05) is 42.5 Å². The van der Waals surface area contributed by atoms with Crippen LogP contribution in [-0.4, -0.2) is 18.1 Å². The molecule has 0 saturated carbocycles. The molecule has 2 heterocycles. The molecule has 3 aromatic carbocycles. The SMILES string of the molecule is CC1(C)Cc2cccc(OCc3ccc(C(=O)N4CCc5ccccc54)cc3)c2O1. The summed E-state index contributed by atoms with van der Waals surface area (Å²) in [4.78, 5) is 14.8. The maximum Gasteiger partial charge on any atom is 0.258 e. The summed E-state index contributed by atoms with van der Waals surface area (Å²) in [5, 5.41) is 0. The lowest BCUT2D eigenvalue weighted by atomic mass is 10.0. The van der Waals surface area contributed by atoms with Crippen molar-refractivity contribution < 1.29 is 14.3 Å². The summed E-state index contributed by atoms with van der Waals surface area (Å²) in [6.45, 7) is 5.34. The van der Waals surface area contributed by atoms with Crippen LogP contribution in [0.25, 0.3) is 0 Å². The second-order valence-electron chi connectivity index (χ2n) is 8.60. The lowest BCUT2D eigenvalue weighted by Gasteiger charge is -2.18. The Morgan fingerprint density at radius 3 is 2.60 bits per heavy atom. The summed E-state index contributed by atoms with van der Waals surface area (Å²) >= 11 is 0. The van der Waals surface area contributed by atoms with Crippen LogP contribution in [0.2, 0.25) is 0 Å². The number of carbonyl (C=O) groups excluding carboxylic acids is 1. The van der Waals surface area contributed by atoms with Crippen LogP contribution in [0.4, 0.5) is 5.69 Å². The first-order valence-electron chi connectivity index (χ1n) is 10.4. The summed E-state index contributed by atoms with van der Waals surface area (Å²) in [6, 6.07) is 21.9. The number of hydrogen-bond donors (Lipinski definition) is 0. The van der Waals surface area contributed by atoms with Gasteiger partial charge in [0, 0.05) is 29.8 Å². The standard InChI is InChI=1S/C26H25NO3/c1-26(2)16-21-7-5-9-23(24(21)30-26)29-17-18-10-12-20(13-11-18)25(28)27-15-14-19-6-3-4-8-22(19)27/h3-13H,14-17H2,1-2H3. The number of ether oxygens (including phenoxy) is 2. The Morgan fingerprint density at radius 1 is 1.00 bits per heavy atom. The zero-order valence-electron chi connectivity index (χ0n) is 17.4. The first kappa shape index (κ1) is 18.7. The van der Waals surface area contributed by atoms with E-state index in [-0.39, 0.29) is 11.5 Å². The van der Waals surface area contributed by atoms with E-state index in [1.807, 2.05) is 59.5 Å². The van der Waals surface area contributed by atoms with E-state index in [2.05, 4.69) is 26.0 Å². The number of anilines is 1. The Labute approximate surface area is 177 Å². The minimum atomic E-state index is -0.196. The average molecular weight is 399 g/mol. The van der Waals surface area contributed by atoms with E-state index in [0.717, 1.165) is 42.1 Å². The molecule has 1 amide bonds. The fraction of sp³-hybridized carbons (Fsp3) is 0.269. The predicted octanol–water partition coefficient (Wildman–Crippen LogP) is 5.18. The van der Waals surface area contributed by atoms with Crippen molar-refractivity contribution in [3.05, 3.63) is 89.0 Å². The number of benzene rings is 3. The van der Waals surface area contributed by atoms with Crippen molar-refractivity contribution in [2.45, 2.75) is 38.9 Å². The third kappa shape index (κ3) is 3.43. The Balaban J connectivity index is 1.27. The molecule has 0 atom stereocenters. The molecule has 2 aliphatic heterocycles. The van der Waals surface area contributed by atoms with E-state index in [1.54, 1.807) is 0 Å². The van der Waals surface area contributed by atoms with Crippen molar-refractivity contribution in [1.82, 2.24) is 0 Å². The molecule has 0 aliphatic carbocycles. The highest BCUT2D eigenvalue weighted by Crippen LogP contribution is 2.42. The van der Waals surface area contributed by atoms with Crippen molar-refractivity contribution >= 4 is 11.6 Å². The van der Waals surface area contributed by atoms with Gasteiger partial charge in [0.1, 0.15) is 12.2 Å². The van der Waals surface area contributed by atoms with E-state index in [9.17, 15) is 4.79 Å². The molecule has 30 heavy (non-hydrogen) atoms. The maximum absolute atomic E-state index is 13.0. The van der Waals surface area contributed by atoms with Gasteiger partial charge < -0.3 is 14.4 Å². The van der Waals surface area contributed by atoms with Crippen LogP contribution < -0.4 is 14.4 Å². The van der Waals surface area contributed by atoms with Gasteiger partial charge in [0.05, 0.1) is 0 Å². The Bertz CT molecular complexity index is 1100.